The quantitative estimate of drug-likeness (QED) is 0.289. The maximum Gasteiger partial charge on any atom is 0.191 e. The summed E-state index contributed by atoms with van der Waals surface area (Å²) in [6.45, 7) is 10.9. The summed E-state index contributed by atoms with van der Waals surface area (Å²) in [5.41, 5.74) is 0. The summed E-state index contributed by atoms with van der Waals surface area (Å²) in [5.74, 6) is 1.70. The minimum Gasteiger partial charge on any atom is -0.467 e. The van der Waals surface area contributed by atoms with Gasteiger partial charge in [-0.25, -0.2) is 0 Å². The number of halogens is 1. The van der Waals surface area contributed by atoms with Crippen molar-refractivity contribution < 1.29 is 14.3 Å². The molecule has 0 saturated heterocycles. The molecule has 1 aromatic rings. The Labute approximate surface area is 162 Å². The lowest BCUT2D eigenvalue weighted by atomic mass is 10.0. The Morgan fingerprint density at radius 3 is 2.62 bits per heavy atom. The molecule has 0 amide bonds. The number of hydrogen-bond acceptors (Lipinski definition) is 4. The molecule has 1 heterocycles. The summed E-state index contributed by atoms with van der Waals surface area (Å²) in [6.07, 6.45) is 1.97. The van der Waals surface area contributed by atoms with Gasteiger partial charge in [0.05, 0.1) is 18.9 Å². The van der Waals surface area contributed by atoms with Gasteiger partial charge in [0.2, 0.25) is 0 Å². The van der Waals surface area contributed by atoms with Gasteiger partial charge in [0, 0.05) is 19.7 Å². The molecule has 0 aliphatic heterocycles. The smallest absolute Gasteiger partial charge is 0.191 e. The van der Waals surface area contributed by atoms with Crippen LogP contribution in [0.25, 0.3) is 0 Å². The van der Waals surface area contributed by atoms with Crippen LogP contribution in [0.3, 0.4) is 0 Å². The third kappa shape index (κ3) is 8.89. The number of ether oxygens (including phenoxy) is 1. The average molecular weight is 453 g/mol. The number of aliphatic hydroxyl groups excluding tert-OH is 1. The van der Waals surface area contributed by atoms with Crippen LogP contribution in [0.15, 0.2) is 27.8 Å². The van der Waals surface area contributed by atoms with Crippen molar-refractivity contribution in [3.8, 4) is 0 Å². The molecule has 24 heavy (non-hydrogen) atoms. The average Bonchev–Trinajstić information content (AvgIpc) is 3.05. The van der Waals surface area contributed by atoms with Crippen molar-refractivity contribution in [3.05, 3.63) is 24.2 Å². The summed E-state index contributed by atoms with van der Waals surface area (Å²) in [7, 11) is 0. The molecule has 0 aromatic carbocycles. The molecule has 3 N–H and O–H groups in total. The van der Waals surface area contributed by atoms with Crippen molar-refractivity contribution in [1.29, 1.82) is 0 Å². The molecule has 6 nitrogen and oxygen atoms in total. The summed E-state index contributed by atoms with van der Waals surface area (Å²) in [5, 5.41) is 16.5. The summed E-state index contributed by atoms with van der Waals surface area (Å²) in [4.78, 5) is 4.40. The molecular formula is C17H32IN3O3. The van der Waals surface area contributed by atoms with Gasteiger partial charge in [0.15, 0.2) is 5.96 Å². The first kappa shape index (κ1) is 23.2. The van der Waals surface area contributed by atoms with E-state index in [0.29, 0.717) is 17.6 Å². The van der Waals surface area contributed by atoms with Gasteiger partial charge < -0.3 is 24.9 Å². The fourth-order valence-electron chi connectivity index (χ4n) is 2.25. The second kappa shape index (κ2) is 13.5. The SMILES string of the molecule is CCNC(=NCC(O)c1ccco1)NCCC(OCC)C(C)C.I. The number of hydrogen-bond donors (Lipinski definition) is 3. The number of guanidine groups is 1. The summed E-state index contributed by atoms with van der Waals surface area (Å²) >= 11 is 0. The molecule has 0 aliphatic rings. The van der Waals surface area contributed by atoms with Crippen molar-refractivity contribution in [2.75, 3.05) is 26.2 Å². The van der Waals surface area contributed by atoms with Crippen LogP contribution in [0.2, 0.25) is 0 Å². The predicted molar refractivity (Wildman–Crippen MR) is 108 cm³/mol. The zero-order valence-corrected chi connectivity index (χ0v) is 17.4. The minimum absolute atomic E-state index is 0. The van der Waals surface area contributed by atoms with E-state index in [1.165, 1.54) is 0 Å². The van der Waals surface area contributed by atoms with Crippen molar-refractivity contribution in [2.45, 2.75) is 46.3 Å². The first-order valence-electron chi connectivity index (χ1n) is 8.43. The van der Waals surface area contributed by atoms with E-state index in [1.54, 1.807) is 18.4 Å². The Morgan fingerprint density at radius 2 is 2.08 bits per heavy atom. The van der Waals surface area contributed by atoms with Crippen LogP contribution in [-0.2, 0) is 4.74 Å². The van der Waals surface area contributed by atoms with E-state index in [9.17, 15) is 5.11 Å². The lowest BCUT2D eigenvalue weighted by Crippen LogP contribution is -2.39. The molecule has 0 spiro atoms. The highest BCUT2D eigenvalue weighted by atomic mass is 127. The topological polar surface area (TPSA) is 79.0 Å². The zero-order chi connectivity index (χ0) is 17.1. The second-order valence-corrected chi connectivity index (χ2v) is 5.70. The number of nitrogens with zero attached hydrogens (tertiary/aromatic N) is 1. The predicted octanol–water partition coefficient (Wildman–Crippen LogP) is 2.94. The minimum atomic E-state index is -0.729. The van der Waals surface area contributed by atoms with Gasteiger partial charge in [-0.2, -0.15) is 0 Å². The third-order valence-corrected chi connectivity index (χ3v) is 3.48. The van der Waals surface area contributed by atoms with E-state index in [-0.39, 0.29) is 36.6 Å². The lowest BCUT2D eigenvalue weighted by molar-refractivity contribution is 0.0258. The highest BCUT2D eigenvalue weighted by Crippen LogP contribution is 2.13. The van der Waals surface area contributed by atoms with Crippen LogP contribution >= 0.6 is 24.0 Å². The second-order valence-electron chi connectivity index (χ2n) is 5.70. The number of aliphatic hydroxyl groups is 1. The zero-order valence-electron chi connectivity index (χ0n) is 15.1. The van der Waals surface area contributed by atoms with E-state index in [1.807, 2.05) is 13.8 Å². The summed E-state index contributed by atoms with van der Waals surface area (Å²) < 4.78 is 10.9. The van der Waals surface area contributed by atoms with Crippen LogP contribution in [0.4, 0.5) is 0 Å². The first-order valence-corrected chi connectivity index (χ1v) is 8.43. The molecule has 2 unspecified atom stereocenters. The maximum absolute atomic E-state index is 10.0. The van der Waals surface area contributed by atoms with E-state index >= 15 is 0 Å². The molecule has 7 heteroatoms. The Morgan fingerprint density at radius 1 is 1.33 bits per heavy atom. The number of nitrogens with one attached hydrogen (secondary N) is 2. The van der Waals surface area contributed by atoms with Crippen molar-refractivity contribution in [2.24, 2.45) is 10.9 Å². The van der Waals surface area contributed by atoms with Crippen LogP contribution < -0.4 is 10.6 Å². The summed E-state index contributed by atoms with van der Waals surface area (Å²) in [6, 6.07) is 3.50. The lowest BCUT2D eigenvalue weighted by Gasteiger charge is -2.21. The van der Waals surface area contributed by atoms with Gasteiger partial charge >= 0.3 is 0 Å². The molecule has 0 radical (unpaired) electrons. The Hall–Kier alpha value is -0.800. The normalized spacial score (nSPS) is 14.2. The molecule has 1 aromatic heterocycles. The van der Waals surface area contributed by atoms with Gasteiger partial charge in [0.25, 0.3) is 0 Å². The molecule has 140 valence electrons. The monoisotopic (exact) mass is 453 g/mol. The van der Waals surface area contributed by atoms with Crippen molar-refractivity contribution in [3.63, 3.8) is 0 Å². The Kier molecular flexibility index (Phi) is 13.0. The molecule has 0 bridgehead atoms. The van der Waals surface area contributed by atoms with Crippen LogP contribution in [0.5, 0.6) is 0 Å². The van der Waals surface area contributed by atoms with E-state index in [0.717, 1.165) is 26.1 Å². The van der Waals surface area contributed by atoms with E-state index in [4.69, 9.17) is 9.15 Å². The number of furan rings is 1. The molecule has 1 rings (SSSR count). The number of aliphatic imine (C=N–C) groups is 1. The first-order chi connectivity index (χ1) is 11.1. The molecule has 0 fully saturated rings. The fraction of sp³-hybridized carbons (Fsp3) is 0.706. The van der Waals surface area contributed by atoms with Crippen molar-refractivity contribution >= 4 is 29.9 Å². The van der Waals surface area contributed by atoms with E-state index in [2.05, 4.69) is 29.5 Å². The maximum atomic E-state index is 10.0. The molecular weight excluding hydrogens is 421 g/mol. The van der Waals surface area contributed by atoms with E-state index < -0.39 is 6.10 Å². The molecule has 0 saturated carbocycles. The van der Waals surface area contributed by atoms with Crippen LogP contribution in [0, 0.1) is 5.92 Å². The Balaban J connectivity index is 0.00000529. The van der Waals surface area contributed by atoms with Crippen LogP contribution in [0.1, 0.15) is 46.0 Å². The third-order valence-electron chi connectivity index (χ3n) is 3.48. The highest BCUT2D eigenvalue weighted by molar-refractivity contribution is 14.0. The highest BCUT2D eigenvalue weighted by Gasteiger charge is 2.13. The molecule has 0 aliphatic carbocycles. The van der Waals surface area contributed by atoms with Gasteiger partial charge in [-0.05, 0) is 38.3 Å². The van der Waals surface area contributed by atoms with Gasteiger partial charge in [-0.3, -0.25) is 4.99 Å². The van der Waals surface area contributed by atoms with Crippen molar-refractivity contribution in [1.82, 2.24) is 10.6 Å². The standard InChI is InChI=1S/C17H31N3O3.HI/c1-5-18-17(19-10-9-15(13(3)4)22-6-2)20-12-14(21)16-8-7-11-23-16;/h7-8,11,13-15,21H,5-6,9-10,12H2,1-4H3,(H2,18,19,20);1H. The van der Waals surface area contributed by atoms with Crippen LogP contribution in [-0.4, -0.2) is 43.4 Å². The Bertz CT molecular complexity index is 438. The fourth-order valence-corrected chi connectivity index (χ4v) is 2.25. The number of rotatable bonds is 10. The van der Waals surface area contributed by atoms with Gasteiger partial charge in [-0.1, -0.05) is 13.8 Å². The molecule has 2 atom stereocenters. The largest absolute Gasteiger partial charge is 0.467 e. The van der Waals surface area contributed by atoms with Gasteiger partial charge in [-0.15, -0.1) is 24.0 Å². The van der Waals surface area contributed by atoms with Gasteiger partial charge in [0.1, 0.15) is 11.9 Å².